The number of ether oxygens (including phenoxy) is 4. The molecule has 0 bridgehead atoms. The molecule has 0 aliphatic rings. The zero-order valence-corrected chi connectivity index (χ0v) is 70.8. The fraction of sp³-hybridized carbons (Fsp3) is 0.953. The second-order valence-corrected chi connectivity index (χ2v) is 34.8. The van der Waals surface area contributed by atoms with Crippen LogP contribution in [0.2, 0.25) is 0 Å². The second-order valence-electron chi connectivity index (χ2n) is 31.9. The van der Waals surface area contributed by atoms with E-state index in [1.807, 2.05) is 0 Å². The predicted molar refractivity (Wildman–Crippen MR) is 432 cm³/mol. The molecular weight excluding hydrogens is 1370 g/mol. The molecule has 5 atom stereocenters. The molecule has 17 nitrogen and oxygen atoms in total. The largest absolute Gasteiger partial charge is 0.472 e. The third-order valence-corrected chi connectivity index (χ3v) is 22.1. The van der Waals surface area contributed by atoms with Crippen LogP contribution >= 0.6 is 15.6 Å². The maximum atomic E-state index is 13.1. The maximum Gasteiger partial charge on any atom is 0.472 e. The first-order valence-electron chi connectivity index (χ1n) is 44.5. The number of rotatable bonds is 85. The third-order valence-electron chi connectivity index (χ3n) is 20.2. The molecule has 0 fully saturated rings. The highest BCUT2D eigenvalue weighted by Gasteiger charge is 2.30. The van der Waals surface area contributed by atoms with Gasteiger partial charge in [-0.2, -0.15) is 0 Å². The Morgan fingerprint density at radius 3 is 0.648 bits per heavy atom. The van der Waals surface area contributed by atoms with Crippen molar-refractivity contribution >= 4 is 39.5 Å². The number of hydrogen-bond donors (Lipinski definition) is 3. The van der Waals surface area contributed by atoms with Gasteiger partial charge >= 0.3 is 39.5 Å². The van der Waals surface area contributed by atoms with Crippen LogP contribution in [0.3, 0.4) is 0 Å². The van der Waals surface area contributed by atoms with Crippen LogP contribution < -0.4 is 0 Å². The molecular formula is C86H168O17P2. The van der Waals surface area contributed by atoms with Gasteiger partial charge in [0, 0.05) is 25.7 Å². The fourth-order valence-electron chi connectivity index (χ4n) is 13.4. The average molecular weight is 1540 g/mol. The van der Waals surface area contributed by atoms with Gasteiger partial charge in [0.2, 0.25) is 0 Å². The van der Waals surface area contributed by atoms with Crippen molar-refractivity contribution in [1.29, 1.82) is 0 Å². The molecule has 0 radical (unpaired) electrons. The van der Waals surface area contributed by atoms with E-state index < -0.39 is 97.5 Å². The minimum Gasteiger partial charge on any atom is -0.462 e. The van der Waals surface area contributed by atoms with E-state index in [0.717, 1.165) is 102 Å². The molecule has 624 valence electrons. The molecule has 3 N–H and O–H groups in total. The molecule has 0 aliphatic heterocycles. The Hall–Kier alpha value is -1.94. The highest BCUT2D eigenvalue weighted by atomic mass is 31.2. The minimum atomic E-state index is -4.97. The van der Waals surface area contributed by atoms with Gasteiger partial charge in [-0.05, 0) is 37.5 Å². The molecule has 0 aromatic rings. The lowest BCUT2D eigenvalue weighted by molar-refractivity contribution is -0.161. The maximum absolute atomic E-state index is 13.1. The standard InChI is InChI=1S/C86H168O17P2/c1-7-9-11-13-15-17-19-21-23-25-30-33-37-41-45-49-56-62-68-83(88)96-74-81(102-85(90)70-64-59-51-47-43-39-35-31-27-26-29-32-36-40-44-48-54-60-66-78(3)4)76-100-104(92,93)98-72-80(87)73-99-105(94,95)101-77-82(75-97-84(89)69-63-57-53-52-55-61-67-79(5)6)103-86(91)71-65-58-50-46-42-38-34-28-24-22-20-18-16-14-12-10-8-2/h78-82,87H,7-77H2,1-6H3,(H,92,93)(H,94,95)/t80-,81-,82-/m1/s1. The van der Waals surface area contributed by atoms with Crippen molar-refractivity contribution in [3.05, 3.63) is 0 Å². The number of carbonyl (C=O) groups excluding carboxylic acids is 4. The number of phosphoric ester groups is 2. The first-order chi connectivity index (χ1) is 50.9. The van der Waals surface area contributed by atoms with Crippen molar-refractivity contribution in [2.75, 3.05) is 39.6 Å². The summed E-state index contributed by atoms with van der Waals surface area (Å²) in [5.41, 5.74) is 0. The molecule has 0 spiro atoms. The van der Waals surface area contributed by atoms with Crippen LogP contribution in [0.4, 0.5) is 0 Å². The number of esters is 4. The van der Waals surface area contributed by atoms with Crippen LogP contribution in [0.5, 0.6) is 0 Å². The van der Waals surface area contributed by atoms with Gasteiger partial charge in [-0.3, -0.25) is 37.3 Å². The summed E-state index contributed by atoms with van der Waals surface area (Å²) in [5.74, 6) is -0.604. The van der Waals surface area contributed by atoms with E-state index in [9.17, 15) is 43.2 Å². The summed E-state index contributed by atoms with van der Waals surface area (Å²) in [6, 6.07) is 0. The number of hydrogen-bond acceptors (Lipinski definition) is 15. The Bertz CT molecular complexity index is 2010. The van der Waals surface area contributed by atoms with E-state index in [1.165, 1.54) is 270 Å². The van der Waals surface area contributed by atoms with Crippen LogP contribution in [-0.4, -0.2) is 96.7 Å². The van der Waals surface area contributed by atoms with Gasteiger partial charge in [-0.25, -0.2) is 9.13 Å². The van der Waals surface area contributed by atoms with Gasteiger partial charge in [-0.1, -0.05) is 408 Å². The SMILES string of the molecule is CCCCCCCCCCCCCCCCCCCCC(=O)OC[C@H](COP(=O)(O)OC[C@@H](O)COP(=O)(O)OC[C@@H](COC(=O)CCCCCCCCC(C)C)OC(=O)CCCCCCCCCCCCCCCCCCC)OC(=O)CCCCCCCCCCCCCCCCCCCCC(C)C. The third kappa shape index (κ3) is 79.9. The zero-order valence-electron chi connectivity index (χ0n) is 69.0. The van der Waals surface area contributed by atoms with Gasteiger partial charge in [-0.15, -0.1) is 0 Å². The van der Waals surface area contributed by atoms with Crippen molar-refractivity contribution in [2.45, 2.75) is 477 Å². The van der Waals surface area contributed by atoms with E-state index in [2.05, 4.69) is 41.5 Å². The van der Waals surface area contributed by atoms with Crippen LogP contribution in [0.25, 0.3) is 0 Å². The Labute approximate surface area is 645 Å². The van der Waals surface area contributed by atoms with Crippen molar-refractivity contribution < 1.29 is 80.2 Å². The van der Waals surface area contributed by atoms with E-state index >= 15 is 0 Å². The van der Waals surface area contributed by atoms with Crippen LogP contribution in [-0.2, 0) is 65.4 Å². The molecule has 0 aromatic heterocycles. The lowest BCUT2D eigenvalue weighted by Gasteiger charge is -2.21. The molecule has 2 unspecified atom stereocenters. The predicted octanol–water partition coefficient (Wildman–Crippen LogP) is 26.2. The molecule has 0 heterocycles. The quantitative estimate of drug-likeness (QED) is 0.0222. The minimum absolute atomic E-state index is 0.108. The lowest BCUT2D eigenvalue weighted by atomic mass is 10.0. The molecule has 0 saturated heterocycles. The van der Waals surface area contributed by atoms with E-state index in [-0.39, 0.29) is 25.7 Å². The van der Waals surface area contributed by atoms with Gasteiger partial charge in [0.05, 0.1) is 26.4 Å². The normalized spacial score (nSPS) is 13.8. The Kier molecular flexibility index (Phi) is 76.0. The first-order valence-corrected chi connectivity index (χ1v) is 47.5. The Morgan fingerprint density at radius 2 is 0.438 bits per heavy atom. The Balaban J connectivity index is 5.21. The molecule has 0 aliphatic carbocycles. The molecule has 0 aromatic carbocycles. The fourth-order valence-corrected chi connectivity index (χ4v) is 15.0. The van der Waals surface area contributed by atoms with Crippen molar-refractivity contribution in [2.24, 2.45) is 11.8 Å². The zero-order chi connectivity index (χ0) is 77.1. The Morgan fingerprint density at radius 1 is 0.257 bits per heavy atom. The van der Waals surface area contributed by atoms with Gasteiger partial charge in [0.25, 0.3) is 0 Å². The average Bonchev–Trinajstić information content (AvgIpc) is 1.45. The summed E-state index contributed by atoms with van der Waals surface area (Å²) in [7, 11) is -9.93. The summed E-state index contributed by atoms with van der Waals surface area (Å²) < 4.78 is 68.9. The summed E-state index contributed by atoms with van der Waals surface area (Å²) in [4.78, 5) is 73.2. The van der Waals surface area contributed by atoms with Crippen LogP contribution in [0.1, 0.15) is 459 Å². The highest BCUT2D eigenvalue weighted by molar-refractivity contribution is 7.47. The van der Waals surface area contributed by atoms with Gasteiger partial charge in [0.15, 0.2) is 12.2 Å². The number of phosphoric acid groups is 2. The number of unbranched alkanes of at least 4 members (excludes halogenated alkanes) is 55. The van der Waals surface area contributed by atoms with Crippen molar-refractivity contribution in [3.63, 3.8) is 0 Å². The van der Waals surface area contributed by atoms with Crippen LogP contribution in [0.15, 0.2) is 0 Å². The molecule has 0 saturated carbocycles. The second kappa shape index (κ2) is 77.4. The van der Waals surface area contributed by atoms with Gasteiger partial charge < -0.3 is 33.8 Å². The first kappa shape index (κ1) is 103. The number of aliphatic hydroxyl groups excluding tert-OH is 1. The summed E-state index contributed by atoms with van der Waals surface area (Å²) in [6.45, 7) is 9.63. The van der Waals surface area contributed by atoms with Crippen molar-refractivity contribution in [1.82, 2.24) is 0 Å². The topological polar surface area (TPSA) is 237 Å². The molecule has 105 heavy (non-hydrogen) atoms. The highest BCUT2D eigenvalue weighted by Crippen LogP contribution is 2.45. The number of carbonyl (C=O) groups is 4. The smallest absolute Gasteiger partial charge is 0.462 e. The molecule has 19 heteroatoms. The summed E-state index contributed by atoms with van der Waals surface area (Å²) in [5, 5.41) is 10.7. The molecule has 0 amide bonds. The number of aliphatic hydroxyl groups is 1. The summed E-state index contributed by atoms with van der Waals surface area (Å²) in [6.07, 6.45) is 69.7. The molecule has 0 rings (SSSR count). The monoisotopic (exact) mass is 1540 g/mol. The van der Waals surface area contributed by atoms with E-state index in [0.29, 0.717) is 31.6 Å². The van der Waals surface area contributed by atoms with E-state index in [1.54, 1.807) is 0 Å². The van der Waals surface area contributed by atoms with Crippen LogP contribution in [0, 0.1) is 11.8 Å². The van der Waals surface area contributed by atoms with E-state index in [4.69, 9.17) is 37.0 Å². The van der Waals surface area contributed by atoms with Gasteiger partial charge in [0.1, 0.15) is 19.3 Å². The van der Waals surface area contributed by atoms with Crippen molar-refractivity contribution in [3.8, 4) is 0 Å². The lowest BCUT2D eigenvalue weighted by Crippen LogP contribution is -2.30. The summed E-state index contributed by atoms with van der Waals surface area (Å²) >= 11 is 0.